The minimum absolute atomic E-state index is 0.0101. The van der Waals surface area contributed by atoms with Crippen LogP contribution in [-0.2, 0) is 0 Å². The first-order chi connectivity index (χ1) is 7.95. The van der Waals surface area contributed by atoms with E-state index in [1.807, 2.05) is 0 Å². The third-order valence-corrected chi connectivity index (χ3v) is 2.04. The second-order valence-corrected chi connectivity index (χ2v) is 3.65. The lowest BCUT2D eigenvalue weighted by atomic mass is 10.1. The smallest absolute Gasteiger partial charge is 0.194 e. The van der Waals surface area contributed by atoms with Crippen molar-refractivity contribution in [1.82, 2.24) is 4.90 Å². The first-order valence-electron chi connectivity index (χ1n) is 4.91. The van der Waals surface area contributed by atoms with E-state index in [9.17, 15) is 14.3 Å². The number of carbonyl (C=O) groups is 1. The van der Waals surface area contributed by atoms with Crippen LogP contribution in [0.3, 0.4) is 0 Å². The molecule has 1 aromatic carbocycles. The lowest BCUT2D eigenvalue weighted by Gasteiger charge is -2.08. The molecule has 0 unspecified atom stereocenters. The Labute approximate surface area is 98.9 Å². The number of ketones is 1. The molecule has 0 saturated heterocycles. The number of ether oxygens (including phenoxy) is 1. The number of carbonyl (C=O) groups excluding carboxylic acids is 1. The van der Waals surface area contributed by atoms with Crippen LogP contribution >= 0.6 is 0 Å². The van der Waals surface area contributed by atoms with Crippen LogP contribution in [0.25, 0.3) is 0 Å². The van der Waals surface area contributed by atoms with Crippen LogP contribution in [0.5, 0.6) is 11.5 Å². The molecule has 5 heteroatoms. The van der Waals surface area contributed by atoms with E-state index < -0.39 is 17.3 Å². The van der Waals surface area contributed by atoms with Gasteiger partial charge >= 0.3 is 0 Å². The highest BCUT2D eigenvalue weighted by Crippen LogP contribution is 2.29. The summed E-state index contributed by atoms with van der Waals surface area (Å²) in [5.74, 6) is -1.54. The van der Waals surface area contributed by atoms with Gasteiger partial charge < -0.3 is 14.7 Å². The van der Waals surface area contributed by atoms with Crippen molar-refractivity contribution in [2.24, 2.45) is 0 Å². The SMILES string of the molecule is COc1cc(F)cc(O)c1C(=O)/C=C\N(C)C. The van der Waals surface area contributed by atoms with Gasteiger partial charge in [0, 0.05) is 38.5 Å². The summed E-state index contributed by atoms with van der Waals surface area (Å²) in [5.41, 5.74) is -0.0491. The molecule has 0 saturated carbocycles. The van der Waals surface area contributed by atoms with Gasteiger partial charge in [0.1, 0.15) is 22.9 Å². The summed E-state index contributed by atoms with van der Waals surface area (Å²) in [6.45, 7) is 0. The molecule has 0 heterocycles. The highest BCUT2D eigenvalue weighted by Gasteiger charge is 2.16. The van der Waals surface area contributed by atoms with E-state index in [0.29, 0.717) is 0 Å². The van der Waals surface area contributed by atoms with Crippen LogP contribution in [0.1, 0.15) is 10.4 Å². The third kappa shape index (κ3) is 3.21. The van der Waals surface area contributed by atoms with Crippen molar-refractivity contribution in [2.45, 2.75) is 0 Å². The van der Waals surface area contributed by atoms with E-state index in [4.69, 9.17) is 4.74 Å². The van der Waals surface area contributed by atoms with Crippen molar-refractivity contribution in [1.29, 1.82) is 0 Å². The number of methoxy groups -OCH3 is 1. The fourth-order valence-corrected chi connectivity index (χ4v) is 1.28. The predicted molar refractivity (Wildman–Crippen MR) is 61.8 cm³/mol. The number of allylic oxidation sites excluding steroid dienone is 1. The molecular formula is C12H14FNO3. The average Bonchev–Trinajstić information content (AvgIpc) is 2.24. The summed E-state index contributed by atoms with van der Waals surface area (Å²) in [6, 6.07) is 1.93. The second kappa shape index (κ2) is 5.34. The van der Waals surface area contributed by atoms with E-state index in [1.54, 1.807) is 19.0 Å². The number of benzene rings is 1. The highest BCUT2D eigenvalue weighted by molar-refractivity contribution is 6.08. The van der Waals surface area contributed by atoms with Crippen molar-refractivity contribution in [2.75, 3.05) is 21.2 Å². The maximum atomic E-state index is 13.0. The molecule has 0 aliphatic rings. The Morgan fingerprint density at radius 2 is 2.12 bits per heavy atom. The number of nitrogens with zero attached hydrogens (tertiary/aromatic N) is 1. The van der Waals surface area contributed by atoms with Crippen LogP contribution in [0.2, 0.25) is 0 Å². The van der Waals surface area contributed by atoms with E-state index in [1.165, 1.54) is 19.4 Å². The molecule has 0 fully saturated rings. The van der Waals surface area contributed by atoms with Crippen molar-refractivity contribution in [3.8, 4) is 11.5 Å². The number of aromatic hydroxyl groups is 1. The van der Waals surface area contributed by atoms with Crippen LogP contribution in [0.15, 0.2) is 24.4 Å². The molecule has 17 heavy (non-hydrogen) atoms. The molecule has 1 N–H and O–H groups in total. The maximum absolute atomic E-state index is 13.0. The number of hydrogen-bond acceptors (Lipinski definition) is 4. The Morgan fingerprint density at radius 1 is 1.47 bits per heavy atom. The van der Waals surface area contributed by atoms with Gasteiger partial charge in [-0.15, -0.1) is 0 Å². The summed E-state index contributed by atoms with van der Waals surface area (Å²) in [6.07, 6.45) is 2.81. The van der Waals surface area contributed by atoms with Crippen LogP contribution in [-0.4, -0.2) is 37.0 Å². The van der Waals surface area contributed by atoms with Gasteiger partial charge in [-0.05, 0) is 0 Å². The highest BCUT2D eigenvalue weighted by atomic mass is 19.1. The van der Waals surface area contributed by atoms with Gasteiger partial charge in [0.25, 0.3) is 0 Å². The van der Waals surface area contributed by atoms with Crippen LogP contribution in [0.4, 0.5) is 4.39 Å². The van der Waals surface area contributed by atoms with Gasteiger partial charge in [0.15, 0.2) is 5.78 Å². The zero-order valence-corrected chi connectivity index (χ0v) is 9.90. The lowest BCUT2D eigenvalue weighted by Crippen LogP contribution is -2.05. The molecule has 4 nitrogen and oxygen atoms in total. The normalized spacial score (nSPS) is 10.6. The summed E-state index contributed by atoms with van der Waals surface area (Å²) in [5, 5.41) is 9.55. The molecule has 0 aliphatic heterocycles. The van der Waals surface area contributed by atoms with E-state index in [2.05, 4.69) is 0 Å². The quantitative estimate of drug-likeness (QED) is 0.643. The number of rotatable bonds is 4. The van der Waals surface area contributed by atoms with Gasteiger partial charge in [0.2, 0.25) is 0 Å². The number of hydrogen-bond donors (Lipinski definition) is 1. The van der Waals surface area contributed by atoms with Gasteiger partial charge in [0.05, 0.1) is 7.11 Å². The Hall–Kier alpha value is -2.04. The van der Waals surface area contributed by atoms with Gasteiger partial charge in [-0.2, -0.15) is 0 Å². The summed E-state index contributed by atoms with van der Waals surface area (Å²) in [4.78, 5) is 13.5. The largest absolute Gasteiger partial charge is 0.507 e. The van der Waals surface area contributed by atoms with E-state index in [-0.39, 0.29) is 11.3 Å². The second-order valence-electron chi connectivity index (χ2n) is 3.65. The Bertz CT molecular complexity index is 455. The Kier molecular flexibility index (Phi) is 4.09. The predicted octanol–water partition coefficient (Wildman–Crippen LogP) is 1.80. The minimum Gasteiger partial charge on any atom is -0.507 e. The first-order valence-corrected chi connectivity index (χ1v) is 4.91. The molecule has 0 atom stereocenters. The van der Waals surface area contributed by atoms with Gasteiger partial charge in [-0.3, -0.25) is 4.79 Å². The number of phenolic OH excluding ortho intramolecular Hbond substituents is 1. The molecule has 0 radical (unpaired) electrons. The van der Waals surface area contributed by atoms with Crippen molar-refractivity contribution in [3.05, 3.63) is 35.8 Å². The fraction of sp³-hybridized carbons (Fsp3) is 0.250. The van der Waals surface area contributed by atoms with Gasteiger partial charge in [-0.1, -0.05) is 0 Å². The van der Waals surface area contributed by atoms with Gasteiger partial charge in [-0.25, -0.2) is 4.39 Å². The molecule has 1 rings (SSSR count). The molecular weight excluding hydrogens is 225 g/mol. The van der Waals surface area contributed by atoms with Crippen molar-refractivity contribution < 1.29 is 19.0 Å². The number of phenols is 1. The average molecular weight is 239 g/mol. The molecule has 1 aromatic rings. The molecule has 0 spiro atoms. The molecule has 0 amide bonds. The Balaban J connectivity index is 3.17. The summed E-state index contributed by atoms with van der Waals surface area (Å²) in [7, 11) is 4.82. The maximum Gasteiger partial charge on any atom is 0.194 e. The molecule has 0 bridgehead atoms. The van der Waals surface area contributed by atoms with Crippen molar-refractivity contribution in [3.63, 3.8) is 0 Å². The molecule has 92 valence electrons. The zero-order chi connectivity index (χ0) is 13.0. The third-order valence-electron chi connectivity index (χ3n) is 2.04. The molecule has 0 aromatic heterocycles. The van der Waals surface area contributed by atoms with Crippen LogP contribution in [0, 0.1) is 5.82 Å². The Morgan fingerprint density at radius 3 is 2.65 bits per heavy atom. The standard InChI is InChI=1S/C12H14FNO3/c1-14(2)5-4-9(15)12-10(16)6-8(13)7-11(12)17-3/h4-7,16H,1-3H3/b5-4-. The number of halogens is 1. The minimum atomic E-state index is -0.660. The van der Waals surface area contributed by atoms with E-state index in [0.717, 1.165) is 12.1 Å². The topological polar surface area (TPSA) is 49.8 Å². The monoisotopic (exact) mass is 239 g/mol. The van der Waals surface area contributed by atoms with Crippen molar-refractivity contribution >= 4 is 5.78 Å². The summed E-state index contributed by atoms with van der Waals surface area (Å²) >= 11 is 0. The van der Waals surface area contributed by atoms with E-state index >= 15 is 0 Å². The molecule has 0 aliphatic carbocycles. The lowest BCUT2D eigenvalue weighted by molar-refractivity contribution is 0.104. The van der Waals surface area contributed by atoms with Crippen LogP contribution < -0.4 is 4.74 Å². The first kappa shape index (κ1) is 13.0. The zero-order valence-electron chi connectivity index (χ0n) is 9.90. The fourth-order valence-electron chi connectivity index (χ4n) is 1.28. The summed E-state index contributed by atoms with van der Waals surface area (Å²) < 4.78 is 17.9.